The van der Waals surface area contributed by atoms with E-state index >= 15 is 0 Å². The second kappa shape index (κ2) is 8.47. The Morgan fingerprint density at radius 1 is 0.583 bits per heavy atom. The number of benzene rings is 3. The molecule has 2 N–H and O–H groups in total. The number of methoxy groups -OCH3 is 1. The minimum Gasteiger partial charge on any atom is -0.493 e. The van der Waals surface area contributed by atoms with E-state index < -0.39 is 35.6 Å². The molecule has 2 heterocycles. The molecule has 0 saturated heterocycles. The Morgan fingerprint density at radius 3 is 1.61 bits per heavy atom. The minimum absolute atomic E-state index is 0.0102. The molecule has 0 unspecified atom stereocenters. The predicted molar refractivity (Wildman–Crippen MR) is 119 cm³/mol. The Balaban J connectivity index is 1.32. The van der Waals surface area contributed by atoms with E-state index in [-0.39, 0.29) is 50.6 Å². The number of hydrogen-bond acceptors (Lipinski definition) is 9. The van der Waals surface area contributed by atoms with Crippen LogP contribution in [-0.4, -0.2) is 42.7 Å². The summed E-state index contributed by atoms with van der Waals surface area (Å²) < 4.78 is 15.9. The lowest BCUT2D eigenvalue weighted by Gasteiger charge is -2.12. The van der Waals surface area contributed by atoms with Crippen molar-refractivity contribution in [2.24, 2.45) is 0 Å². The smallest absolute Gasteiger partial charge is 0.343 e. The van der Waals surface area contributed by atoms with E-state index in [1.807, 2.05) is 0 Å². The van der Waals surface area contributed by atoms with Crippen molar-refractivity contribution in [3.63, 3.8) is 0 Å². The van der Waals surface area contributed by atoms with Crippen molar-refractivity contribution in [2.45, 2.75) is 0 Å². The molecular formula is C25H14N2O9. The topological polar surface area (TPSA) is 154 Å². The first kappa shape index (κ1) is 22.5. The molecule has 5 rings (SSSR count). The maximum absolute atomic E-state index is 12.6. The molecule has 0 radical (unpaired) electrons. The number of hydrogen-bond donors (Lipinski definition) is 2. The molecule has 0 atom stereocenters. The van der Waals surface area contributed by atoms with E-state index in [1.165, 1.54) is 61.7 Å². The Hall–Kier alpha value is -5.32. The van der Waals surface area contributed by atoms with E-state index in [4.69, 9.17) is 14.2 Å². The third kappa shape index (κ3) is 3.84. The van der Waals surface area contributed by atoms with Crippen molar-refractivity contribution >= 4 is 35.6 Å². The Morgan fingerprint density at radius 2 is 1.08 bits per heavy atom. The number of carbonyl (C=O) groups is 6. The summed E-state index contributed by atoms with van der Waals surface area (Å²) in [6.45, 7) is 0. The van der Waals surface area contributed by atoms with Gasteiger partial charge in [0.1, 0.15) is 5.75 Å². The molecular weight excluding hydrogens is 472 g/mol. The highest BCUT2D eigenvalue weighted by molar-refractivity contribution is 6.22. The van der Waals surface area contributed by atoms with Crippen LogP contribution in [0.2, 0.25) is 0 Å². The summed E-state index contributed by atoms with van der Waals surface area (Å²) in [5.41, 5.74) is 0.554. The SMILES string of the molecule is COc1cc(OC(=O)c2ccc3c(c2)C(=O)NC3=O)ccc1OC(=O)c1ccc2c(c1)C(=O)NC2=O. The third-order valence-electron chi connectivity index (χ3n) is 5.49. The van der Waals surface area contributed by atoms with Gasteiger partial charge >= 0.3 is 11.9 Å². The zero-order valence-corrected chi connectivity index (χ0v) is 18.4. The summed E-state index contributed by atoms with van der Waals surface area (Å²) >= 11 is 0. The zero-order chi connectivity index (χ0) is 25.6. The average molecular weight is 486 g/mol. The molecule has 0 fully saturated rings. The number of carbonyl (C=O) groups excluding carboxylic acids is 6. The van der Waals surface area contributed by atoms with Crippen molar-refractivity contribution in [2.75, 3.05) is 7.11 Å². The van der Waals surface area contributed by atoms with Gasteiger partial charge in [0, 0.05) is 6.07 Å². The van der Waals surface area contributed by atoms with Crippen molar-refractivity contribution < 1.29 is 43.0 Å². The quantitative estimate of drug-likeness (QED) is 0.313. The van der Waals surface area contributed by atoms with Crippen LogP contribution in [0.1, 0.15) is 62.1 Å². The molecule has 4 amide bonds. The van der Waals surface area contributed by atoms with Crippen LogP contribution in [0, 0.1) is 0 Å². The third-order valence-corrected chi connectivity index (χ3v) is 5.49. The van der Waals surface area contributed by atoms with E-state index in [9.17, 15) is 28.8 Å². The monoisotopic (exact) mass is 486 g/mol. The first-order valence-corrected chi connectivity index (χ1v) is 10.4. The molecule has 178 valence electrons. The normalized spacial score (nSPS) is 13.5. The predicted octanol–water partition coefficient (Wildman–Crippen LogP) is 1.90. The van der Waals surface area contributed by atoms with Crippen LogP contribution in [0.5, 0.6) is 17.2 Å². The summed E-state index contributed by atoms with van der Waals surface area (Å²) in [5, 5.41) is 4.28. The Kier molecular flexibility index (Phi) is 5.29. The second-order valence-electron chi connectivity index (χ2n) is 7.68. The van der Waals surface area contributed by atoms with E-state index in [2.05, 4.69) is 10.6 Å². The lowest BCUT2D eigenvalue weighted by molar-refractivity contribution is 0.0715. The molecule has 3 aromatic carbocycles. The highest BCUT2D eigenvalue weighted by Crippen LogP contribution is 2.32. The summed E-state index contributed by atoms with van der Waals surface area (Å²) in [7, 11) is 1.32. The molecule has 0 aliphatic carbocycles. The van der Waals surface area contributed by atoms with Gasteiger partial charge in [-0.15, -0.1) is 0 Å². The van der Waals surface area contributed by atoms with Crippen molar-refractivity contribution in [1.82, 2.24) is 10.6 Å². The summed E-state index contributed by atoms with van der Waals surface area (Å²) in [6.07, 6.45) is 0. The fourth-order valence-corrected chi connectivity index (χ4v) is 3.71. The fourth-order valence-electron chi connectivity index (χ4n) is 3.71. The largest absolute Gasteiger partial charge is 0.493 e. The van der Waals surface area contributed by atoms with Gasteiger partial charge in [-0.1, -0.05) is 0 Å². The standard InChI is InChI=1S/C25H14N2O9/c1-34-19-10-13(35-24(32)11-2-5-14-16(8-11)22(30)26-20(14)28)4-7-18(19)36-25(33)12-3-6-15-17(9-12)23(31)27-21(15)29/h2-10H,1H3,(H,26,28,30)(H,27,29,31). The summed E-state index contributed by atoms with van der Waals surface area (Å²) in [6, 6.07) is 12.0. The highest BCUT2D eigenvalue weighted by Gasteiger charge is 2.29. The molecule has 11 heteroatoms. The number of amides is 4. The van der Waals surface area contributed by atoms with Crippen LogP contribution in [-0.2, 0) is 0 Å². The molecule has 3 aromatic rings. The lowest BCUT2D eigenvalue weighted by atomic mass is 10.1. The van der Waals surface area contributed by atoms with Gasteiger partial charge in [0.25, 0.3) is 23.6 Å². The van der Waals surface area contributed by atoms with Crippen LogP contribution in [0.3, 0.4) is 0 Å². The molecule has 0 bridgehead atoms. The molecule has 36 heavy (non-hydrogen) atoms. The van der Waals surface area contributed by atoms with Crippen LogP contribution in [0.4, 0.5) is 0 Å². The molecule has 2 aliphatic heterocycles. The number of nitrogens with one attached hydrogen (secondary N) is 2. The molecule has 2 aliphatic rings. The fraction of sp³-hybridized carbons (Fsp3) is 0.0400. The van der Waals surface area contributed by atoms with E-state index in [0.29, 0.717) is 0 Å². The molecule has 0 aromatic heterocycles. The molecule has 0 spiro atoms. The van der Waals surface area contributed by atoms with Crippen LogP contribution in [0.25, 0.3) is 0 Å². The molecule has 11 nitrogen and oxygen atoms in total. The van der Waals surface area contributed by atoms with Gasteiger partial charge in [0.05, 0.1) is 40.5 Å². The first-order chi connectivity index (χ1) is 17.2. The number of imide groups is 2. The Labute approximate surface area is 201 Å². The van der Waals surface area contributed by atoms with Crippen LogP contribution < -0.4 is 24.8 Å². The van der Waals surface area contributed by atoms with Crippen molar-refractivity contribution in [1.29, 1.82) is 0 Å². The first-order valence-electron chi connectivity index (χ1n) is 10.4. The number of rotatable bonds is 5. The van der Waals surface area contributed by atoms with E-state index in [1.54, 1.807) is 0 Å². The zero-order valence-electron chi connectivity index (χ0n) is 18.4. The maximum Gasteiger partial charge on any atom is 0.343 e. The number of fused-ring (bicyclic) bond motifs is 2. The van der Waals surface area contributed by atoms with Crippen LogP contribution in [0.15, 0.2) is 54.6 Å². The highest BCUT2D eigenvalue weighted by atomic mass is 16.6. The van der Waals surface area contributed by atoms with Gasteiger partial charge in [-0.05, 0) is 48.5 Å². The van der Waals surface area contributed by atoms with Gasteiger partial charge in [-0.25, -0.2) is 9.59 Å². The average Bonchev–Trinajstić information content (AvgIpc) is 3.32. The van der Waals surface area contributed by atoms with Crippen molar-refractivity contribution in [3.05, 3.63) is 88.0 Å². The maximum atomic E-state index is 12.6. The number of ether oxygens (including phenoxy) is 3. The summed E-state index contributed by atoms with van der Waals surface area (Å²) in [5.74, 6) is -3.75. The van der Waals surface area contributed by atoms with Gasteiger partial charge in [0.15, 0.2) is 11.5 Å². The van der Waals surface area contributed by atoms with Gasteiger partial charge < -0.3 is 14.2 Å². The minimum atomic E-state index is -0.807. The Bertz CT molecular complexity index is 1540. The van der Waals surface area contributed by atoms with Gasteiger partial charge in [-0.3, -0.25) is 29.8 Å². The lowest BCUT2D eigenvalue weighted by Crippen LogP contribution is -2.19. The van der Waals surface area contributed by atoms with Crippen LogP contribution >= 0.6 is 0 Å². The second-order valence-corrected chi connectivity index (χ2v) is 7.68. The van der Waals surface area contributed by atoms with Gasteiger partial charge in [0.2, 0.25) is 0 Å². The van der Waals surface area contributed by atoms with Crippen molar-refractivity contribution in [3.8, 4) is 17.2 Å². The number of esters is 2. The van der Waals surface area contributed by atoms with Gasteiger partial charge in [-0.2, -0.15) is 0 Å². The summed E-state index contributed by atoms with van der Waals surface area (Å²) in [4.78, 5) is 72.2. The molecule has 0 saturated carbocycles. The van der Waals surface area contributed by atoms with E-state index in [0.717, 1.165) is 0 Å².